The van der Waals surface area contributed by atoms with Gasteiger partial charge in [0.2, 0.25) is 0 Å². The van der Waals surface area contributed by atoms with Gasteiger partial charge >= 0.3 is 29.6 Å². The molecule has 1 fully saturated rings. The van der Waals surface area contributed by atoms with Gasteiger partial charge in [-0.25, -0.2) is 0 Å². The van der Waals surface area contributed by atoms with E-state index in [9.17, 15) is 0 Å². The van der Waals surface area contributed by atoms with E-state index in [1.54, 1.807) is 6.20 Å². The Morgan fingerprint density at radius 3 is 1.41 bits per heavy atom. The van der Waals surface area contributed by atoms with E-state index in [0.717, 1.165) is 27.7 Å². The maximum Gasteiger partial charge on any atom is 0.0661 e. The van der Waals surface area contributed by atoms with Crippen molar-refractivity contribution in [1.29, 1.82) is 0 Å². The normalized spacial score (nSPS) is 11.4. The summed E-state index contributed by atoms with van der Waals surface area (Å²) in [6.45, 7) is 4.33. The summed E-state index contributed by atoms with van der Waals surface area (Å²) in [6.07, 6.45) is 8.48. The molecule has 0 unspecified atom stereocenters. The summed E-state index contributed by atoms with van der Waals surface area (Å²) < 4.78 is 0. The van der Waals surface area contributed by atoms with Crippen LogP contribution in [0.1, 0.15) is 71.4 Å². The van der Waals surface area contributed by atoms with Crippen LogP contribution in [0.4, 0.5) is 0 Å². The first-order valence-electron chi connectivity index (χ1n) is 8.45. The van der Waals surface area contributed by atoms with E-state index in [1.165, 1.54) is 37.8 Å². The maximum atomic E-state index is 9.00. The van der Waals surface area contributed by atoms with Crippen molar-refractivity contribution in [1.82, 2.24) is 10.2 Å². The number of hydrogen-bond acceptors (Lipinski definition) is 6. The van der Waals surface area contributed by atoms with Crippen molar-refractivity contribution in [3.8, 4) is 0 Å². The fourth-order valence-corrected chi connectivity index (χ4v) is 1.93. The Morgan fingerprint density at radius 1 is 0.793 bits per heavy atom. The Hall–Kier alpha value is -2.04. The first-order chi connectivity index (χ1) is 12.9. The number of aromatic nitrogens is 2. The molecule has 0 saturated heterocycles. The molecule has 11 heteroatoms. The Balaban J connectivity index is -0.000000156. The summed E-state index contributed by atoms with van der Waals surface area (Å²) in [5.74, 6) is -2.65. The third kappa shape index (κ3) is 46.2. The van der Waals surface area contributed by atoms with Crippen molar-refractivity contribution in [3.63, 3.8) is 0 Å². The second-order valence-electron chi connectivity index (χ2n) is 5.56. The topological polar surface area (TPSA) is 175 Å². The van der Waals surface area contributed by atoms with Gasteiger partial charge in [-0.2, -0.15) is 10.2 Å². The van der Waals surface area contributed by atoms with E-state index in [4.69, 9.17) is 39.6 Å². The molecule has 0 aliphatic heterocycles. The molecule has 0 atom stereocenters. The predicted molar refractivity (Wildman–Crippen MR) is 108 cm³/mol. The number of carboxylic acids is 4. The van der Waals surface area contributed by atoms with Crippen LogP contribution < -0.4 is 0 Å². The molecule has 4 N–H and O–H groups in total. The first kappa shape index (κ1) is 34.5. The summed E-state index contributed by atoms with van der Waals surface area (Å²) in [7, 11) is 0. The zero-order valence-electron chi connectivity index (χ0n) is 16.7. The standard InChI is InChI=1S/C10H14N2.4C2H4O2.Na.H/c1-2-5-9(6-3-1)10-7-4-8-11-12-10;4*1-2(3)4;;/h4,7-9H,1-3,5-6H2;4*1H3,(H,3,4);;. The third-order valence-electron chi connectivity index (χ3n) is 2.62. The van der Waals surface area contributed by atoms with Gasteiger partial charge in [-0.15, -0.1) is 0 Å². The fraction of sp³-hybridized carbons (Fsp3) is 0.556. The van der Waals surface area contributed by atoms with Gasteiger partial charge in [0.15, 0.2) is 0 Å². The number of rotatable bonds is 1. The molecule has 2 rings (SSSR count). The van der Waals surface area contributed by atoms with Gasteiger partial charge in [0.1, 0.15) is 0 Å². The second kappa shape index (κ2) is 24.0. The second-order valence-corrected chi connectivity index (χ2v) is 5.56. The Kier molecular flexibility index (Phi) is 28.5. The summed E-state index contributed by atoms with van der Waals surface area (Å²) in [4.78, 5) is 36.0. The van der Waals surface area contributed by atoms with Gasteiger partial charge in [0.25, 0.3) is 23.9 Å². The average Bonchev–Trinajstić information content (AvgIpc) is 2.54. The fourth-order valence-electron chi connectivity index (χ4n) is 1.93. The predicted octanol–water partition coefficient (Wildman–Crippen LogP) is 2.24. The molecule has 10 nitrogen and oxygen atoms in total. The molecule has 0 aromatic carbocycles. The molecule has 1 aliphatic carbocycles. The van der Waals surface area contributed by atoms with Crippen LogP contribution >= 0.6 is 0 Å². The van der Waals surface area contributed by atoms with Crippen LogP contribution in [-0.2, 0) is 19.2 Å². The van der Waals surface area contributed by atoms with E-state index in [2.05, 4.69) is 16.3 Å². The smallest absolute Gasteiger partial charge is 0.0661 e. The molecule has 1 aromatic heterocycles. The van der Waals surface area contributed by atoms with Gasteiger partial charge in [0.05, 0.1) is 5.69 Å². The van der Waals surface area contributed by atoms with Crippen LogP contribution in [0.3, 0.4) is 0 Å². The number of nitrogens with zero attached hydrogens (tertiary/aromatic N) is 2. The largest absolute Gasteiger partial charge is 0.159 e. The van der Waals surface area contributed by atoms with Gasteiger partial charge in [0, 0.05) is 39.8 Å². The van der Waals surface area contributed by atoms with E-state index in [1.807, 2.05) is 6.07 Å². The quantitative estimate of drug-likeness (QED) is 0.487. The summed E-state index contributed by atoms with van der Waals surface area (Å²) in [6, 6.07) is 4.08. The number of hydrogen-bond donors (Lipinski definition) is 4. The van der Waals surface area contributed by atoms with E-state index < -0.39 is 23.9 Å². The third-order valence-corrected chi connectivity index (χ3v) is 2.62. The van der Waals surface area contributed by atoms with Crippen LogP contribution in [0.15, 0.2) is 18.3 Å². The van der Waals surface area contributed by atoms with Crippen LogP contribution in [0.2, 0.25) is 0 Å². The van der Waals surface area contributed by atoms with Crippen molar-refractivity contribution in [2.75, 3.05) is 0 Å². The number of aliphatic carboxylic acids is 4. The van der Waals surface area contributed by atoms with E-state index in [-0.39, 0.29) is 29.6 Å². The van der Waals surface area contributed by atoms with Crippen molar-refractivity contribution in [3.05, 3.63) is 24.0 Å². The molecule has 0 amide bonds. The van der Waals surface area contributed by atoms with Gasteiger partial charge < -0.3 is 20.4 Å². The molecule has 0 bridgehead atoms. The van der Waals surface area contributed by atoms with Gasteiger partial charge in [-0.3, -0.25) is 19.2 Å². The van der Waals surface area contributed by atoms with E-state index >= 15 is 0 Å². The van der Waals surface area contributed by atoms with Crippen LogP contribution in [-0.4, -0.2) is 84.1 Å². The molecule has 0 radical (unpaired) electrons. The molecular weight excluding hydrogens is 395 g/mol. The van der Waals surface area contributed by atoms with Crippen molar-refractivity contribution < 1.29 is 39.6 Å². The van der Waals surface area contributed by atoms with Crippen LogP contribution in [0, 0.1) is 0 Å². The minimum Gasteiger partial charge on any atom is -0.159 e. The molecule has 0 spiro atoms. The Morgan fingerprint density at radius 2 is 1.14 bits per heavy atom. The average molecular weight is 426 g/mol. The van der Waals surface area contributed by atoms with Crippen molar-refractivity contribution >= 4 is 53.4 Å². The zero-order valence-corrected chi connectivity index (χ0v) is 16.7. The van der Waals surface area contributed by atoms with E-state index in [0.29, 0.717) is 5.92 Å². The molecule has 162 valence electrons. The molecule has 1 heterocycles. The van der Waals surface area contributed by atoms with Crippen molar-refractivity contribution in [2.45, 2.75) is 65.7 Å². The van der Waals surface area contributed by atoms with Crippen LogP contribution in [0.5, 0.6) is 0 Å². The number of carboxylic acid groups (broad SMARTS) is 4. The first-order valence-corrected chi connectivity index (χ1v) is 8.45. The molecule has 1 aliphatic rings. The Bertz CT molecular complexity index is 500. The summed E-state index contributed by atoms with van der Waals surface area (Å²) in [5.41, 5.74) is 1.19. The maximum absolute atomic E-state index is 9.00. The number of carbonyl (C=O) groups is 4. The molecular formula is C18H31N2NaO8. The Labute approximate surface area is 192 Å². The monoisotopic (exact) mass is 426 g/mol. The summed E-state index contributed by atoms with van der Waals surface area (Å²) >= 11 is 0. The minimum atomic E-state index is -0.833. The SMILES string of the molecule is CC(=O)O.CC(=O)O.CC(=O)O.CC(=O)O.[NaH].c1cnnc(C2CCCCC2)c1. The van der Waals surface area contributed by atoms with Crippen LogP contribution in [0.25, 0.3) is 0 Å². The summed E-state index contributed by atoms with van der Waals surface area (Å²) in [5, 5.41) is 37.7. The molecule has 1 aromatic rings. The van der Waals surface area contributed by atoms with Crippen molar-refractivity contribution in [2.24, 2.45) is 0 Å². The molecule has 29 heavy (non-hydrogen) atoms. The molecule has 1 saturated carbocycles. The van der Waals surface area contributed by atoms with Gasteiger partial charge in [-0.1, -0.05) is 19.3 Å². The zero-order chi connectivity index (χ0) is 22.5. The minimum absolute atomic E-state index is 0. The van der Waals surface area contributed by atoms with Gasteiger partial charge in [-0.05, 0) is 25.0 Å².